The summed E-state index contributed by atoms with van der Waals surface area (Å²) in [4.78, 5) is 39.3. The van der Waals surface area contributed by atoms with E-state index < -0.39 is 17.8 Å². The first-order chi connectivity index (χ1) is 16.9. The van der Waals surface area contributed by atoms with Crippen LogP contribution in [-0.4, -0.2) is 35.9 Å². The van der Waals surface area contributed by atoms with Crippen molar-refractivity contribution < 1.29 is 23.9 Å². The fraction of sp³-hybridized carbons (Fsp3) is 0.308. The zero-order valence-electron chi connectivity index (χ0n) is 19.2. The van der Waals surface area contributed by atoms with Crippen LogP contribution in [-0.2, 0) is 16.2 Å². The van der Waals surface area contributed by atoms with Gasteiger partial charge < -0.3 is 9.47 Å². The molecule has 1 aliphatic carbocycles. The third-order valence-corrected chi connectivity index (χ3v) is 6.95. The molecule has 0 radical (unpaired) electrons. The van der Waals surface area contributed by atoms with Gasteiger partial charge in [0.25, 0.3) is 11.8 Å². The zero-order chi connectivity index (χ0) is 24.9. The van der Waals surface area contributed by atoms with Gasteiger partial charge in [0, 0.05) is 11.6 Å². The van der Waals surface area contributed by atoms with Gasteiger partial charge in [0.1, 0.15) is 12.2 Å². The molecule has 4 rings (SSSR count). The maximum atomic E-state index is 13.2. The number of nitriles is 1. The van der Waals surface area contributed by atoms with Crippen molar-refractivity contribution in [3.63, 3.8) is 0 Å². The molecule has 2 fully saturated rings. The van der Waals surface area contributed by atoms with Gasteiger partial charge in [0.15, 0.2) is 11.5 Å². The van der Waals surface area contributed by atoms with Crippen LogP contribution in [0, 0.1) is 14.9 Å². The van der Waals surface area contributed by atoms with E-state index >= 15 is 0 Å². The molecule has 1 aliphatic heterocycles. The number of carbonyl (C=O) groups is 3. The number of ether oxygens (including phenoxy) is 2. The Balaban J connectivity index is 1.61. The molecule has 8 nitrogen and oxygen atoms in total. The van der Waals surface area contributed by atoms with Gasteiger partial charge in [0.05, 0.1) is 22.3 Å². The van der Waals surface area contributed by atoms with E-state index in [1.165, 1.54) is 18.1 Å². The molecule has 2 aliphatic rings. The van der Waals surface area contributed by atoms with Crippen molar-refractivity contribution in [2.45, 2.75) is 44.8 Å². The molecule has 0 atom stereocenters. The van der Waals surface area contributed by atoms with Gasteiger partial charge in [-0.05, 0) is 65.3 Å². The number of carbonyl (C=O) groups excluding carboxylic acids is 3. The summed E-state index contributed by atoms with van der Waals surface area (Å²) in [5, 5.41) is 11.6. The Hall–Kier alpha value is -3.39. The Morgan fingerprint density at radius 3 is 2.63 bits per heavy atom. The number of urea groups is 1. The summed E-state index contributed by atoms with van der Waals surface area (Å²) in [6.07, 6.45) is 5.94. The Kier molecular flexibility index (Phi) is 7.70. The van der Waals surface area contributed by atoms with Crippen LogP contribution < -0.4 is 14.8 Å². The Morgan fingerprint density at radius 1 is 1.17 bits per heavy atom. The molecule has 0 unspecified atom stereocenters. The number of methoxy groups -OCH3 is 1. The van der Waals surface area contributed by atoms with Crippen LogP contribution in [0.25, 0.3) is 6.08 Å². The van der Waals surface area contributed by atoms with Crippen LogP contribution in [0.3, 0.4) is 0 Å². The maximum absolute atomic E-state index is 13.2. The van der Waals surface area contributed by atoms with Crippen LogP contribution in [0.2, 0.25) is 0 Å². The second kappa shape index (κ2) is 10.9. The van der Waals surface area contributed by atoms with Crippen molar-refractivity contribution in [1.82, 2.24) is 10.2 Å². The summed E-state index contributed by atoms with van der Waals surface area (Å²) in [5.41, 5.74) is 1.75. The minimum Gasteiger partial charge on any atom is -0.493 e. The van der Waals surface area contributed by atoms with E-state index in [1.807, 2.05) is 12.1 Å². The van der Waals surface area contributed by atoms with Crippen LogP contribution in [0.15, 0.2) is 42.0 Å². The monoisotopic (exact) mass is 585 g/mol. The molecule has 2 aromatic carbocycles. The SMILES string of the molecule is COc1cc(C=C2C(=O)NC(=O)N(C3CCCCC3)C2=O)cc(I)c1OCc1ccccc1C#N. The standard InChI is InChI=1S/C26H24IN3O5/c1-34-22-13-16(12-21(27)23(22)35-15-18-8-6-5-7-17(18)14-28)11-20-24(31)29-26(33)30(25(20)32)19-9-3-2-4-10-19/h5-8,11-13,19H,2-4,9-10,15H2,1H3,(H,29,31,33). The van der Waals surface area contributed by atoms with E-state index in [0.717, 1.165) is 37.7 Å². The fourth-order valence-electron chi connectivity index (χ4n) is 4.38. The smallest absolute Gasteiger partial charge is 0.331 e. The number of amides is 4. The van der Waals surface area contributed by atoms with Crippen LogP contribution in [0.4, 0.5) is 4.79 Å². The first-order valence-corrected chi connectivity index (χ1v) is 12.4. The number of nitrogens with zero attached hydrogens (tertiary/aromatic N) is 2. The lowest BCUT2D eigenvalue weighted by atomic mass is 9.93. The average Bonchev–Trinajstić information content (AvgIpc) is 2.86. The van der Waals surface area contributed by atoms with E-state index in [0.29, 0.717) is 26.2 Å². The predicted octanol–water partition coefficient (Wildman–Crippen LogP) is 4.54. The lowest BCUT2D eigenvalue weighted by Gasteiger charge is -2.35. The normalized spacial score (nSPS) is 17.8. The average molecular weight is 585 g/mol. The number of nitrogens with one attached hydrogen (secondary N) is 1. The van der Waals surface area contributed by atoms with Gasteiger partial charge in [-0.1, -0.05) is 37.5 Å². The van der Waals surface area contributed by atoms with Crippen molar-refractivity contribution in [3.05, 3.63) is 62.2 Å². The molecule has 1 saturated heterocycles. The highest BCUT2D eigenvalue weighted by Gasteiger charge is 2.40. The maximum Gasteiger partial charge on any atom is 0.331 e. The summed E-state index contributed by atoms with van der Waals surface area (Å²) >= 11 is 2.09. The number of benzene rings is 2. The second-order valence-corrected chi connectivity index (χ2v) is 9.54. The third kappa shape index (κ3) is 5.32. The summed E-state index contributed by atoms with van der Waals surface area (Å²) in [5.74, 6) is -0.383. The van der Waals surface area contributed by atoms with E-state index in [1.54, 1.807) is 24.3 Å². The lowest BCUT2D eigenvalue weighted by molar-refractivity contribution is -0.132. The minimum atomic E-state index is -0.713. The third-order valence-electron chi connectivity index (χ3n) is 6.15. The molecule has 1 N–H and O–H groups in total. The second-order valence-electron chi connectivity index (χ2n) is 8.38. The van der Waals surface area contributed by atoms with Crippen molar-refractivity contribution in [2.24, 2.45) is 0 Å². The molecule has 0 spiro atoms. The molecular formula is C26H24IN3O5. The Bertz CT molecular complexity index is 1240. The summed E-state index contributed by atoms with van der Waals surface area (Å²) in [7, 11) is 1.50. The topological polar surface area (TPSA) is 109 Å². The van der Waals surface area contributed by atoms with E-state index in [2.05, 4.69) is 34.0 Å². The molecule has 1 heterocycles. The fourth-order valence-corrected chi connectivity index (χ4v) is 5.16. The molecule has 2 aromatic rings. The van der Waals surface area contributed by atoms with Crippen molar-refractivity contribution in [3.8, 4) is 17.6 Å². The van der Waals surface area contributed by atoms with Gasteiger partial charge >= 0.3 is 6.03 Å². The van der Waals surface area contributed by atoms with Crippen LogP contribution in [0.5, 0.6) is 11.5 Å². The molecule has 9 heteroatoms. The molecule has 1 saturated carbocycles. The van der Waals surface area contributed by atoms with Gasteiger partial charge in [0.2, 0.25) is 0 Å². The highest BCUT2D eigenvalue weighted by Crippen LogP contribution is 2.36. The lowest BCUT2D eigenvalue weighted by Crippen LogP contribution is -2.58. The summed E-state index contributed by atoms with van der Waals surface area (Å²) in [6, 6.07) is 11.9. The number of hydrogen-bond donors (Lipinski definition) is 1. The molecule has 35 heavy (non-hydrogen) atoms. The van der Waals surface area contributed by atoms with Gasteiger partial charge in [-0.25, -0.2) is 4.79 Å². The number of imide groups is 2. The summed E-state index contributed by atoms with van der Waals surface area (Å²) in [6.45, 7) is 0.176. The first-order valence-electron chi connectivity index (χ1n) is 11.3. The highest BCUT2D eigenvalue weighted by molar-refractivity contribution is 14.1. The number of rotatable bonds is 6. The predicted molar refractivity (Wildman–Crippen MR) is 136 cm³/mol. The van der Waals surface area contributed by atoms with E-state index in [9.17, 15) is 19.6 Å². The first kappa shape index (κ1) is 24.7. The molecular weight excluding hydrogens is 561 g/mol. The number of halogens is 1. The highest BCUT2D eigenvalue weighted by atomic mass is 127. The minimum absolute atomic E-state index is 0.0929. The number of barbiturate groups is 1. The van der Waals surface area contributed by atoms with E-state index in [-0.39, 0.29) is 18.2 Å². The van der Waals surface area contributed by atoms with Gasteiger partial charge in [-0.3, -0.25) is 19.8 Å². The van der Waals surface area contributed by atoms with Gasteiger partial charge in [-0.15, -0.1) is 0 Å². The zero-order valence-corrected chi connectivity index (χ0v) is 21.3. The van der Waals surface area contributed by atoms with Crippen molar-refractivity contribution in [1.29, 1.82) is 5.26 Å². The molecule has 4 amide bonds. The van der Waals surface area contributed by atoms with Crippen molar-refractivity contribution in [2.75, 3.05) is 7.11 Å². The molecule has 0 bridgehead atoms. The van der Waals surface area contributed by atoms with Crippen LogP contribution >= 0.6 is 22.6 Å². The van der Waals surface area contributed by atoms with Crippen LogP contribution in [0.1, 0.15) is 48.8 Å². The largest absolute Gasteiger partial charge is 0.493 e. The Labute approximate surface area is 217 Å². The van der Waals surface area contributed by atoms with Crippen molar-refractivity contribution >= 4 is 46.5 Å². The summed E-state index contributed by atoms with van der Waals surface area (Å²) < 4.78 is 12.2. The molecule has 0 aromatic heterocycles. The Morgan fingerprint density at radius 2 is 1.91 bits per heavy atom. The quantitative estimate of drug-likeness (QED) is 0.303. The number of hydrogen-bond acceptors (Lipinski definition) is 6. The molecule has 180 valence electrons. The van der Waals surface area contributed by atoms with Gasteiger partial charge in [-0.2, -0.15) is 5.26 Å². The van der Waals surface area contributed by atoms with E-state index in [4.69, 9.17) is 9.47 Å².